The smallest absolute Gasteiger partial charge is 0.128 e. The van der Waals surface area contributed by atoms with Crippen molar-refractivity contribution in [2.75, 3.05) is 0 Å². The van der Waals surface area contributed by atoms with Gasteiger partial charge in [0.15, 0.2) is 0 Å². The number of aldehydes is 1. The van der Waals surface area contributed by atoms with Gasteiger partial charge in [-0.25, -0.2) is 0 Å². The van der Waals surface area contributed by atoms with Crippen LogP contribution in [-0.4, -0.2) is 10.9 Å². The molecule has 1 aromatic heterocycles. The fourth-order valence-electron chi connectivity index (χ4n) is 2.84. The van der Waals surface area contributed by atoms with E-state index in [0.29, 0.717) is 6.42 Å². The molecule has 0 atom stereocenters. The molecular weight excluding hydrogens is 310 g/mol. The summed E-state index contributed by atoms with van der Waals surface area (Å²) in [6, 6.07) is 21.9. The summed E-state index contributed by atoms with van der Waals surface area (Å²) in [5.41, 5.74) is 3.22. The number of hydrogen-bond acceptors (Lipinski definition) is 2. The van der Waals surface area contributed by atoms with Gasteiger partial charge >= 0.3 is 0 Å². The Morgan fingerprint density at radius 1 is 0.960 bits per heavy atom. The van der Waals surface area contributed by atoms with E-state index in [1.54, 1.807) is 0 Å². The van der Waals surface area contributed by atoms with Crippen LogP contribution >= 0.6 is 0 Å². The van der Waals surface area contributed by atoms with Crippen LogP contribution < -0.4 is 4.74 Å². The molecule has 126 valence electrons. The largest absolute Gasteiger partial charge is 0.457 e. The van der Waals surface area contributed by atoms with Gasteiger partial charge in [0.25, 0.3) is 0 Å². The predicted molar refractivity (Wildman–Crippen MR) is 102 cm³/mol. The molecule has 0 radical (unpaired) electrons. The Balaban J connectivity index is 1.89. The predicted octanol–water partition coefficient (Wildman–Crippen LogP) is 5.57. The molecular formula is C22H21NO2. The number of nitrogens with zero attached hydrogens (tertiary/aromatic N) is 1. The van der Waals surface area contributed by atoms with E-state index in [0.717, 1.165) is 47.7 Å². The van der Waals surface area contributed by atoms with Crippen molar-refractivity contribution in [2.24, 2.45) is 0 Å². The van der Waals surface area contributed by atoms with Crippen molar-refractivity contribution in [1.82, 2.24) is 4.57 Å². The molecule has 0 spiro atoms. The van der Waals surface area contributed by atoms with E-state index >= 15 is 0 Å². The molecule has 0 N–H and O–H groups in total. The molecule has 0 amide bonds. The SMILES string of the molecule is C=Cc1ccc(-c2cccc(Oc3ccccc3)c2)n1CCCC=O. The van der Waals surface area contributed by atoms with Gasteiger partial charge in [-0.3, -0.25) is 0 Å². The molecule has 0 bridgehead atoms. The topological polar surface area (TPSA) is 31.2 Å². The van der Waals surface area contributed by atoms with Crippen LogP contribution in [0.1, 0.15) is 18.5 Å². The molecule has 0 aliphatic carbocycles. The normalized spacial score (nSPS) is 10.4. The number of carbonyl (C=O) groups excluding carboxylic acids is 1. The highest BCUT2D eigenvalue weighted by molar-refractivity contribution is 5.65. The Kier molecular flexibility index (Phi) is 5.47. The highest BCUT2D eigenvalue weighted by Gasteiger charge is 2.09. The van der Waals surface area contributed by atoms with E-state index in [2.05, 4.69) is 23.3 Å². The second-order valence-electron chi connectivity index (χ2n) is 5.75. The summed E-state index contributed by atoms with van der Waals surface area (Å²) in [5, 5.41) is 0. The number of hydrogen-bond donors (Lipinski definition) is 0. The first kappa shape index (κ1) is 16.8. The summed E-state index contributed by atoms with van der Waals surface area (Å²) in [5.74, 6) is 1.61. The van der Waals surface area contributed by atoms with Gasteiger partial charge in [0.2, 0.25) is 0 Å². The van der Waals surface area contributed by atoms with Crippen molar-refractivity contribution in [3.8, 4) is 22.8 Å². The Hall–Kier alpha value is -3.07. The molecule has 3 nitrogen and oxygen atoms in total. The van der Waals surface area contributed by atoms with Crippen LogP contribution in [0.5, 0.6) is 11.5 Å². The van der Waals surface area contributed by atoms with Crippen molar-refractivity contribution in [3.63, 3.8) is 0 Å². The fourth-order valence-corrected chi connectivity index (χ4v) is 2.84. The van der Waals surface area contributed by atoms with Crippen LogP contribution in [0.25, 0.3) is 17.3 Å². The van der Waals surface area contributed by atoms with E-state index in [9.17, 15) is 4.79 Å². The van der Waals surface area contributed by atoms with Crippen LogP contribution in [0, 0.1) is 0 Å². The average molecular weight is 331 g/mol. The van der Waals surface area contributed by atoms with Gasteiger partial charge in [-0.1, -0.05) is 36.9 Å². The van der Waals surface area contributed by atoms with Crippen LogP contribution in [0.2, 0.25) is 0 Å². The minimum Gasteiger partial charge on any atom is -0.457 e. The van der Waals surface area contributed by atoms with Gasteiger partial charge in [0.1, 0.15) is 17.8 Å². The molecule has 0 fully saturated rings. The highest BCUT2D eigenvalue weighted by atomic mass is 16.5. The van der Waals surface area contributed by atoms with Crippen molar-refractivity contribution in [3.05, 3.63) is 79.0 Å². The van der Waals surface area contributed by atoms with E-state index in [1.165, 1.54) is 0 Å². The number of carbonyl (C=O) groups is 1. The molecule has 0 saturated carbocycles. The van der Waals surface area contributed by atoms with E-state index < -0.39 is 0 Å². The minimum atomic E-state index is 0.561. The monoisotopic (exact) mass is 331 g/mol. The zero-order valence-corrected chi connectivity index (χ0v) is 14.1. The molecule has 0 aliphatic rings. The number of benzene rings is 2. The van der Waals surface area contributed by atoms with Crippen LogP contribution in [0.3, 0.4) is 0 Å². The first-order valence-electron chi connectivity index (χ1n) is 8.41. The number of ether oxygens (including phenoxy) is 1. The average Bonchev–Trinajstić information content (AvgIpc) is 3.06. The van der Waals surface area contributed by atoms with Crippen LogP contribution in [0.4, 0.5) is 0 Å². The number of unbranched alkanes of at least 4 members (excludes halogenated alkanes) is 1. The Morgan fingerprint density at radius 3 is 2.52 bits per heavy atom. The Labute approximate surface area is 148 Å². The summed E-state index contributed by atoms with van der Waals surface area (Å²) < 4.78 is 8.13. The van der Waals surface area contributed by atoms with Crippen molar-refractivity contribution >= 4 is 12.4 Å². The lowest BCUT2D eigenvalue weighted by Crippen LogP contribution is -2.02. The first-order valence-corrected chi connectivity index (χ1v) is 8.41. The van der Waals surface area contributed by atoms with Gasteiger partial charge in [-0.15, -0.1) is 0 Å². The van der Waals surface area contributed by atoms with Crippen LogP contribution in [-0.2, 0) is 11.3 Å². The van der Waals surface area contributed by atoms with Crippen molar-refractivity contribution in [1.29, 1.82) is 0 Å². The standard InChI is InChI=1S/C22H21NO2/c1-2-19-13-14-22(23(19)15-6-7-16-24)18-9-8-12-21(17-18)25-20-10-4-3-5-11-20/h2-5,8-14,16-17H,1,6-7,15H2. The molecule has 3 heteroatoms. The molecule has 2 aromatic carbocycles. The lowest BCUT2D eigenvalue weighted by atomic mass is 10.1. The molecule has 3 rings (SSSR count). The second-order valence-corrected chi connectivity index (χ2v) is 5.75. The van der Waals surface area contributed by atoms with E-state index in [1.807, 2.05) is 60.7 Å². The Morgan fingerprint density at radius 2 is 1.76 bits per heavy atom. The fraction of sp³-hybridized carbons (Fsp3) is 0.136. The summed E-state index contributed by atoms with van der Waals surface area (Å²) in [7, 11) is 0. The molecule has 25 heavy (non-hydrogen) atoms. The van der Waals surface area contributed by atoms with Gasteiger partial charge in [-0.05, 0) is 48.9 Å². The highest BCUT2D eigenvalue weighted by Crippen LogP contribution is 2.29. The Bertz CT molecular complexity index is 849. The zero-order valence-electron chi connectivity index (χ0n) is 14.1. The number of para-hydroxylation sites is 1. The second kappa shape index (κ2) is 8.15. The van der Waals surface area contributed by atoms with E-state index in [-0.39, 0.29) is 0 Å². The van der Waals surface area contributed by atoms with E-state index in [4.69, 9.17) is 4.74 Å². The quantitative estimate of drug-likeness (QED) is 0.399. The molecule has 1 heterocycles. The van der Waals surface area contributed by atoms with Crippen molar-refractivity contribution in [2.45, 2.75) is 19.4 Å². The lowest BCUT2D eigenvalue weighted by molar-refractivity contribution is -0.107. The third-order valence-corrected chi connectivity index (χ3v) is 4.04. The molecule has 3 aromatic rings. The summed E-state index contributed by atoms with van der Waals surface area (Å²) in [6.45, 7) is 4.67. The summed E-state index contributed by atoms with van der Waals surface area (Å²) in [6.07, 6.45) is 4.18. The van der Waals surface area contributed by atoms with Crippen LogP contribution in [0.15, 0.2) is 73.3 Å². The number of aromatic nitrogens is 1. The molecule has 0 saturated heterocycles. The van der Waals surface area contributed by atoms with Crippen molar-refractivity contribution < 1.29 is 9.53 Å². The van der Waals surface area contributed by atoms with Gasteiger partial charge in [0, 0.05) is 29.9 Å². The maximum absolute atomic E-state index is 10.6. The summed E-state index contributed by atoms with van der Waals surface area (Å²) in [4.78, 5) is 10.6. The maximum atomic E-state index is 10.6. The zero-order chi connectivity index (χ0) is 17.5. The first-order chi connectivity index (χ1) is 12.3. The van der Waals surface area contributed by atoms with Gasteiger partial charge in [0.05, 0.1) is 0 Å². The maximum Gasteiger partial charge on any atom is 0.128 e. The third kappa shape index (κ3) is 4.07. The third-order valence-electron chi connectivity index (χ3n) is 4.04. The molecule has 0 unspecified atom stereocenters. The lowest BCUT2D eigenvalue weighted by Gasteiger charge is -2.13. The molecule has 0 aliphatic heterocycles. The minimum absolute atomic E-state index is 0.561. The van der Waals surface area contributed by atoms with Gasteiger partial charge < -0.3 is 14.1 Å². The number of rotatable bonds is 8. The summed E-state index contributed by atoms with van der Waals surface area (Å²) >= 11 is 0. The van der Waals surface area contributed by atoms with Gasteiger partial charge in [-0.2, -0.15) is 0 Å².